The lowest BCUT2D eigenvalue weighted by Gasteiger charge is -2.33. The normalized spacial score (nSPS) is 16.4. The van der Waals surface area contributed by atoms with E-state index < -0.39 is 5.82 Å². The molecule has 10 heteroatoms. The second-order valence-corrected chi connectivity index (χ2v) is 10.0. The summed E-state index contributed by atoms with van der Waals surface area (Å²) in [5.41, 5.74) is 2.04. The molecule has 2 aliphatic heterocycles. The van der Waals surface area contributed by atoms with Crippen LogP contribution in [0, 0.1) is 11.6 Å². The minimum Gasteiger partial charge on any atom is -0.493 e. The molecule has 1 fully saturated rings. The van der Waals surface area contributed by atoms with Gasteiger partial charge in [-0.3, -0.25) is 4.79 Å². The highest BCUT2D eigenvalue weighted by Gasteiger charge is 2.31. The molecule has 8 nitrogen and oxygen atoms in total. The van der Waals surface area contributed by atoms with Gasteiger partial charge in [-0.05, 0) is 82.6 Å². The molecular formula is C28H31F2N5O3. The number of likely N-dealkylation sites (tertiary alicyclic amines) is 1. The third-order valence-electron chi connectivity index (χ3n) is 7.07. The number of carbonyl (C=O) groups is 1. The Morgan fingerprint density at radius 1 is 1.13 bits per heavy atom. The molecule has 3 heterocycles. The van der Waals surface area contributed by atoms with Crippen molar-refractivity contribution in [2.24, 2.45) is 0 Å². The van der Waals surface area contributed by atoms with Gasteiger partial charge < -0.3 is 24.6 Å². The lowest BCUT2D eigenvalue weighted by Crippen LogP contribution is -2.43. The number of halogens is 2. The predicted molar refractivity (Wildman–Crippen MR) is 141 cm³/mol. The molecule has 38 heavy (non-hydrogen) atoms. The Labute approximate surface area is 220 Å². The summed E-state index contributed by atoms with van der Waals surface area (Å²) >= 11 is 0. The lowest BCUT2D eigenvalue weighted by atomic mass is 9.89. The van der Waals surface area contributed by atoms with Crippen molar-refractivity contribution >= 4 is 23.2 Å². The number of methoxy groups -OCH3 is 1. The quantitative estimate of drug-likeness (QED) is 0.481. The maximum Gasteiger partial charge on any atom is 0.265 e. The van der Waals surface area contributed by atoms with Gasteiger partial charge in [0, 0.05) is 17.3 Å². The van der Waals surface area contributed by atoms with Crippen molar-refractivity contribution in [3.05, 3.63) is 53.7 Å². The summed E-state index contributed by atoms with van der Waals surface area (Å²) in [5.74, 6) is -0.0766. The number of aromatic nitrogens is 2. The van der Waals surface area contributed by atoms with Crippen molar-refractivity contribution in [2.45, 2.75) is 38.6 Å². The fraction of sp³-hybridized carbons (Fsp3) is 0.393. The van der Waals surface area contributed by atoms with E-state index in [0.717, 1.165) is 32.1 Å². The summed E-state index contributed by atoms with van der Waals surface area (Å²) in [6.07, 6.45) is 2.89. The number of benzene rings is 2. The first kappa shape index (κ1) is 25.8. The van der Waals surface area contributed by atoms with E-state index >= 15 is 4.39 Å². The molecule has 200 valence electrons. The van der Waals surface area contributed by atoms with Gasteiger partial charge in [0.25, 0.3) is 5.91 Å². The first-order valence-corrected chi connectivity index (χ1v) is 12.7. The third-order valence-corrected chi connectivity index (χ3v) is 7.07. The Hall–Kier alpha value is -3.79. The molecule has 1 aromatic heterocycles. The zero-order valence-electron chi connectivity index (χ0n) is 21.9. The van der Waals surface area contributed by atoms with E-state index in [1.54, 1.807) is 29.2 Å². The summed E-state index contributed by atoms with van der Waals surface area (Å²) in [5, 5.41) is 2.99. The molecule has 0 aliphatic carbocycles. The molecule has 2 aliphatic rings. The SMILES string of the molecule is COc1cc(-c2nc(Nc3ccc(C4CCN(C)CC4)c(F)c3)ncc2F)cc2c1OCC(=O)N2C(C)C. The average Bonchev–Trinajstić information content (AvgIpc) is 2.89. The van der Waals surface area contributed by atoms with Gasteiger partial charge >= 0.3 is 0 Å². The van der Waals surface area contributed by atoms with Gasteiger partial charge in [-0.25, -0.2) is 18.7 Å². The largest absolute Gasteiger partial charge is 0.493 e. The number of hydrogen-bond acceptors (Lipinski definition) is 7. The van der Waals surface area contributed by atoms with Crippen LogP contribution in [0.1, 0.15) is 38.2 Å². The Morgan fingerprint density at radius 2 is 1.89 bits per heavy atom. The van der Waals surface area contributed by atoms with Crippen LogP contribution in [0.4, 0.5) is 26.1 Å². The number of nitrogens with one attached hydrogen (secondary N) is 1. The fourth-order valence-corrected chi connectivity index (χ4v) is 5.12. The van der Waals surface area contributed by atoms with E-state index in [2.05, 4.69) is 27.2 Å². The average molecular weight is 524 g/mol. The van der Waals surface area contributed by atoms with E-state index in [1.165, 1.54) is 13.2 Å². The topological polar surface area (TPSA) is 79.8 Å². The molecule has 3 aromatic rings. The first-order valence-electron chi connectivity index (χ1n) is 12.7. The monoisotopic (exact) mass is 523 g/mol. The highest BCUT2D eigenvalue weighted by Crippen LogP contribution is 2.44. The van der Waals surface area contributed by atoms with E-state index in [1.807, 2.05) is 13.8 Å². The van der Waals surface area contributed by atoms with Gasteiger partial charge in [-0.2, -0.15) is 0 Å². The number of carbonyl (C=O) groups excluding carboxylic acids is 1. The Kier molecular flexibility index (Phi) is 7.16. The van der Waals surface area contributed by atoms with Crippen LogP contribution >= 0.6 is 0 Å². The smallest absolute Gasteiger partial charge is 0.265 e. The summed E-state index contributed by atoms with van der Waals surface area (Å²) in [6, 6.07) is 8.12. The van der Waals surface area contributed by atoms with Crippen LogP contribution in [0.25, 0.3) is 11.3 Å². The Morgan fingerprint density at radius 3 is 2.58 bits per heavy atom. The lowest BCUT2D eigenvalue weighted by molar-refractivity contribution is -0.121. The first-order chi connectivity index (χ1) is 18.2. The molecular weight excluding hydrogens is 492 g/mol. The second kappa shape index (κ2) is 10.5. The summed E-state index contributed by atoms with van der Waals surface area (Å²) in [4.78, 5) is 24.8. The van der Waals surface area contributed by atoms with Gasteiger partial charge in [0.05, 0.1) is 19.0 Å². The van der Waals surface area contributed by atoms with Crippen LogP contribution in [0.15, 0.2) is 36.5 Å². The van der Waals surface area contributed by atoms with Crippen molar-refractivity contribution in [2.75, 3.05) is 44.1 Å². The number of anilines is 3. The summed E-state index contributed by atoms with van der Waals surface area (Å²) in [6.45, 7) is 5.55. The number of fused-ring (bicyclic) bond motifs is 1. The number of hydrogen-bond donors (Lipinski definition) is 1. The number of nitrogens with zero attached hydrogens (tertiary/aromatic N) is 4. The van der Waals surface area contributed by atoms with Crippen molar-refractivity contribution in [3.63, 3.8) is 0 Å². The van der Waals surface area contributed by atoms with Gasteiger partial charge in [-0.15, -0.1) is 0 Å². The van der Waals surface area contributed by atoms with Crippen LogP contribution in [0.5, 0.6) is 11.5 Å². The zero-order chi connectivity index (χ0) is 27.0. The number of rotatable bonds is 6. The molecule has 1 saturated heterocycles. The standard InChI is InChI=1S/C28H31F2N5O3/c1-16(2)35-23-11-18(12-24(37-4)27(23)38-15-25(35)36)26-22(30)14-31-28(33-26)32-19-5-6-20(21(29)13-19)17-7-9-34(3)10-8-17/h5-6,11-14,16-17H,7-10,15H2,1-4H3,(H,31,32,33). The van der Waals surface area contributed by atoms with Crippen molar-refractivity contribution < 1.29 is 23.0 Å². The molecule has 0 atom stereocenters. The van der Waals surface area contributed by atoms with Crippen molar-refractivity contribution in [1.29, 1.82) is 0 Å². The van der Waals surface area contributed by atoms with Crippen LogP contribution < -0.4 is 19.7 Å². The molecule has 0 unspecified atom stereocenters. The van der Waals surface area contributed by atoms with Gasteiger partial charge in [0.15, 0.2) is 23.9 Å². The minimum atomic E-state index is -0.652. The maximum atomic E-state index is 15.0. The number of ether oxygens (including phenoxy) is 2. The molecule has 1 amide bonds. The highest BCUT2D eigenvalue weighted by atomic mass is 19.1. The van der Waals surface area contributed by atoms with Crippen molar-refractivity contribution in [3.8, 4) is 22.8 Å². The Bertz CT molecular complexity index is 1360. The maximum absolute atomic E-state index is 15.0. The predicted octanol–water partition coefficient (Wildman–Crippen LogP) is 5.12. The van der Waals surface area contributed by atoms with E-state index in [9.17, 15) is 9.18 Å². The van der Waals surface area contributed by atoms with Crippen LogP contribution in [-0.2, 0) is 4.79 Å². The Balaban J connectivity index is 1.45. The second-order valence-electron chi connectivity index (χ2n) is 10.0. The van der Waals surface area contributed by atoms with Gasteiger partial charge in [0.1, 0.15) is 11.5 Å². The number of piperidine rings is 1. The van der Waals surface area contributed by atoms with Gasteiger partial charge in [-0.1, -0.05) is 6.07 Å². The van der Waals surface area contributed by atoms with Crippen LogP contribution in [0.3, 0.4) is 0 Å². The molecule has 0 radical (unpaired) electrons. The van der Waals surface area contributed by atoms with Crippen molar-refractivity contribution in [1.82, 2.24) is 14.9 Å². The van der Waals surface area contributed by atoms with Crippen LogP contribution in [-0.4, -0.2) is 60.7 Å². The van der Waals surface area contributed by atoms with Crippen LogP contribution in [0.2, 0.25) is 0 Å². The minimum absolute atomic E-state index is 0.00810. The molecule has 0 saturated carbocycles. The summed E-state index contributed by atoms with van der Waals surface area (Å²) in [7, 11) is 3.55. The molecule has 0 bridgehead atoms. The molecule has 2 aromatic carbocycles. The zero-order valence-corrected chi connectivity index (χ0v) is 21.9. The van der Waals surface area contributed by atoms with Gasteiger partial charge in [0.2, 0.25) is 5.95 Å². The molecule has 5 rings (SSSR count). The number of amides is 1. The molecule has 0 spiro atoms. The highest BCUT2D eigenvalue weighted by molar-refractivity contribution is 6.00. The van der Waals surface area contributed by atoms with E-state index in [-0.39, 0.29) is 41.9 Å². The van der Waals surface area contributed by atoms with E-state index in [4.69, 9.17) is 9.47 Å². The molecule has 1 N–H and O–H groups in total. The third kappa shape index (κ3) is 5.00. The fourth-order valence-electron chi connectivity index (χ4n) is 5.12. The summed E-state index contributed by atoms with van der Waals surface area (Å²) < 4.78 is 41.1. The van der Waals surface area contributed by atoms with E-state index in [0.29, 0.717) is 34.0 Å².